The lowest BCUT2D eigenvalue weighted by Crippen LogP contribution is -2.12. The molecule has 2 aromatic carbocycles. The number of nitrogens with zero attached hydrogens (tertiary/aromatic N) is 2. The topological polar surface area (TPSA) is 86.5 Å². The van der Waals surface area contributed by atoms with Crippen LogP contribution in [0.25, 0.3) is 22.2 Å². The second-order valence-electron chi connectivity index (χ2n) is 6.97. The van der Waals surface area contributed by atoms with Crippen LogP contribution in [0.5, 0.6) is 11.5 Å². The molecule has 0 unspecified atom stereocenters. The van der Waals surface area contributed by atoms with Gasteiger partial charge in [0.15, 0.2) is 11.5 Å². The predicted molar refractivity (Wildman–Crippen MR) is 119 cm³/mol. The van der Waals surface area contributed by atoms with Crippen molar-refractivity contribution in [2.75, 3.05) is 19.0 Å². The molecule has 1 amide bonds. The van der Waals surface area contributed by atoms with Gasteiger partial charge in [-0.05, 0) is 55.0 Å². The molecule has 0 aliphatic heterocycles. The highest BCUT2D eigenvalue weighted by molar-refractivity contribution is 6.08. The number of ether oxygens (including phenoxy) is 2. The summed E-state index contributed by atoms with van der Waals surface area (Å²) in [5.41, 5.74) is 2.32. The maximum Gasteiger partial charge on any atom is 0.277 e. The highest BCUT2D eigenvalue weighted by Crippen LogP contribution is 2.31. The number of amides is 1. The van der Waals surface area contributed by atoms with Crippen molar-refractivity contribution in [3.63, 3.8) is 0 Å². The first kappa shape index (κ1) is 20.4. The highest BCUT2D eigenvalue weighted by atomic mass is 16.5. The van der Waals surface area contributed by atoms with E-state index in [0.717, 1.165) is 29.5 Å². The van der Waals surface area contributed by atoms with Crippen molar-refractivity contribution in [3.05, 3.63) is 66.5 Å². The van der Waals surface area contributed by atoms with Crippen LogP contribution >= 0.6 is 0 Å². The Bertz CT molecular complexity index is 1190. The number of hydrogen-bond acceptors (Lipinski definition) is 6. The Hall–Kier alpha value is -3.87. The van der Waals surface area contributed by atoms with Crippen molar-refractivity contribution in [2.45, 2.75) is 19.8 Å². The second kappa shape index (κ2) is 9.30. The van der Waals surface area contributed by atoms with Gasteiger partial charge in [0.1, 0.15) is 17.0 Å². The van der Waals surface area contributed by atoms with Gasteiger partial charge in [-0.15, -0.1) is 0 Å². The lowest BCUT2D eigenvalue weighted by molar-refractivity contribution is 0.101. The van der Waals surface area contributed by atoms with Crippen LogP contribution in [0, 0.1) is 0 Å². The summed E-state index contributed by atoms with van der Waals surface area (Å²) in [5, 5.41) is 7.62. The number of methoxy groups -OCH3 is 1. The number of carbonyl (C=O) groups is 1. The first-order valence-corrected chi connectivity index (χ1v) is 10.1. The van der Waals surface area contributed by atoms with E-state index in [0.29, 0.717) is 29.3 Å². The van der Waals surface area contributed by atoms with Gasteiger partial charge >= 0.3 is 0 Å². The molecular formula is C24H23N3O4. The van der Waals surface area contributed by atoms with E-state index in [-0.39, 0.29) is 11.6 Å². The van der Waals surface area contributed by atoms with E-state index >= 15 is 0 Å². The number of rotatable bonds is 8. The normalized spacial score (nSPS) is 10.8. The minimum atomic E-state index is -0.367. The molecule has 0 saturated heterocycles. The Morgan fingerprint density at radius 2 is 1.97 bits per heavy atom. The third-order valence-corrected chi connectivity index (χ3v) is 4.85. The number of nitrogens with one attached hydrogen (secondary N) is 1. The van der Waals surface area contributed by atoms with E-state index in [4.69, 9.17) is 14.0 Å². The summed E-state index contributed by atoms with van der Waals surface area (Å²) < 4.78 is 16.4. The zero-order valence-corrected chi connectivity index (χ0v) is 17.4. The van der Waals surface area contributed by atoms with Gasteiger partial charge in [0.05, 0.1) is 19.4 Å². The summed E-state index contributed by atoms with van der Waals surface area (Å²) in [6, 6.07) is 16.3. The first-order valence-electron chi connectivity index (χ1n) is 10.1. The molecule has 0 atom stereocenters. The number of anilines is 1. The Balaban J connectivity index is 1.55. The maximum atomic E-state index is 12.8. The summed E-state index contributed by atoms with van der Waals surface area (Å²) in [7, 11) is 1.61. The van der Waals surface area contributed by atoms with Gasteiger partial charge in [-0.1, -0.05) is 18.5 Å². The summed E-state index contributed by atoms with van der Waals surface area (Å²) >= 11 is 0. The number of pyridine rings is 1. The van der Waals surface area contributed by atoms with Gasteiger partial charge in [0, 0.05) is 23.2 Å². The lowest BCUT2D eigenvalue weighted by atomic mass is 10.1. The standard InChI is InChI=1S/C24H23N3O4/c1-3-4-14-30-21-12-11-19(18-6-5-13-25-23(18)21)26-24(28)20-15-22(31-27-20)16-7-9-17(29-2)10-8-16/h5-13,15H,3-4,14H2,1-2H3,(H,26,28). The van der Waals surface area contributed by atoms with Gasteiger partial charge in [-0.3, -0.25) is 9.78 Å². The molecule has 4 rings (SSSR count). The first-order chi connectivity index (χ1) is 15.2. The molecule has 0 bridgehead atoms. The molecule has 0 radical (unpaired) electrons. The van der Waals surface area contributed by atoms with Gasteiger partial charge in [-0.2, -0.15) is 0 Å². The summed E-state index contributed by atoms with van der Waals surface area (Å²) in [6.45, 7) is 2.74. The SMILES string of the molecule is CCCCOc1ccc(NC(=O)c2cc(-c3ccc(OC)cc3)on2)c2cccnc12. The smallest absolute Gasteiger partial charge is 0.277 e. The molecule has 7 nitrogen and oxygen atoms in total. The zero-order chi connectivity index (χ0) is 21.6. The van der Waals surface area contributed by atoms with Crippen LogP contribution in [0.2, 0.25) is 0 Å². The minimum absolute atomic E-state index is 0.186. The fourth-order valence-corrected chi connectivity index (χ4v) is 3.16. The Kier molecular flexibility index (Phi) is 6.12. The molecule has 0 saturated carbocycles. The largest absolute Gasteiger partial charge is 0.497 e. The predicted octanol–water partition coefficient (Wildman–Crippen LogP) is 5.33. The molecule has 2 heterocycles. The molecular weight excluding hydrogens is 394 g/mol. The number of aromatic nitrogens is 2. The number of carbonyl (C=O) groups excluding carboxylic acids is 1. The van der Waals surface area contributed by atoms with Crippen LogP contribution in [0.4, 0.5) is 5.69 Å². The summed E-state index contributed by atoms with van der Waals surface area (Å²) in [6.07, 6.45) is 3.73. The van der Waals surface area contributed by atoms with Gasteiger partial charge < -0.3 is 19.3 Å². The number of unbranched alkanes of at least 4 members (excludes halogenated alkanes) is 1. The number of fused-ring (bicyclic) bond motifs is 1. The van der Waals surface area contributed by atoms with Gasteiger partial charge in [-0.25, -0.2) is 0 Å². The van der Waals surface area contributed by atoms with Crippen LogP contribution in [-0.4, -0.2) is 29.8 Å². The third kappa shape index (κ3) is 4.50. The molecule has 158 valence electrons. The van der Waals surface area contributed by atoms with Crippen molar-refractivity contribution < 1.29 is 18.8 Å². The van der Waals surface area contributed by atoms with Crippen LogP contribution in [0.3, 0.4) is 0 Å². The molecule has 4 aromatic rings. The molecule has 1 N–H and O–H groups in total. The monoisotopic (exact) mass is 417 g/mol. The molecule has 2 aromatic heterocycles. The van der Waals surface area contributed by atoms with E-state index in [2.05, 4.69) is 22.4 Å². The zero-order valence-electron chi connectivity index (χ0n) is 17.4. The van der Waals surface area contributed by atoms with E-state index in [1.165, 1.54) is 0 Å². The van der Waals surface area contributed by atoms with Crippen molar-refractivity contribution in [3.8, 4) is 22.8 Å². The fraction of sp³-hybridized carbons (Fsp3) is 0.208. The molecule has 0 fully saturated rings. The maximum absolute atomic E-state index is 12.8. The average molecular weight is 417 g/mol. The fourth-order valence-electron chi connectivity index (χ4n) is 3.16. The van der Waals surface area contributed by atoms with Crippen molar-refractivity contribution in [1.82, 2.24) is 10.1 Å². The summed E-state index contributed by atoms with van der Waals surface area (Å²) in [4.78, 5) is 17.2. The van der Waals surface area contributed by atoms with Crippen LogP contribution in [0.1, 0.15) is 30.3 Å². The summed E-state index contributed by atoms with van der Waals surface area (Å²) in [5.74, 6) is 1.57. The quantitative estimate of drug-likeness (QED) is 0.390. The third-order valence-electron chi connectivity index (χ3n) is 4.85. The number of hydrogen-bond donors (Lipinski definition) is 1. The molecule has 31 heavy (non-hydrogen) atoms. The van der Waals surface area contributed by atoms with Crippen LogP contribution in [-0.2, 0) is 0 Å². The Morgan fingerprint density at radius 1 is 1.13 bits per heavy atom. The lowest BCUT2D eigenvalue weighted by Gasteiger charge is -2.12. The molecule has 0 aliphatic rings. The minimum Gasteiger partial charge on any atom is -0.497 e. The van der Waals surface area contributed by atoms with Crippen molar-refractivity contribution in [2.24, 2.45) is 0 Å². The van der Waals surface area contributed by atoms with E-state index in [1.54, 1.807) is 19.4 Å². The Labute approximate surface area is 180 Å². The second-order valence-corrected chi connectivity index (χ2v) is 6.97. The van der Waals surface area contributed by atoms with Crippen LogP contribution in [0.15, 0.2) is 65.3 Å². The van der Waals surface area contributed by atoms with E-state index in [1.807, 2.05) is 48.5 Å². The van der Waals surface area contributed by atoms with Gasteiger partial charge in [0.2, 0.25) is 0 Å². The van der Waals surface area contributed by atoms with E-state index in [9.17, 15) is 4.79 Å². The molecule has 0 spiro atoms. The highest BCUT2D eigenvalue weighted by Gasteiger charge is 2.16. The van der Waals surface area contributed by atoms with E-state index < -0.39 is 0 Å². The van der Waals surface area contributed by atoms with Crippen LogP contribution < -0.4 is 14.8 Å². The van der Waals surface area contributed by atoms with Crippen molar-refractivity contribution >= 4 is 22.5 Å². The van der Waals surface area contributed by atoms with Crippen molar-refractivity contribution in [1.29, 1.82) is 0 Å². The van der Waals surface area contributed by atoms with Gasteiger partial charge in [0.25, 0.3) is 5.91 Å². The Morgan fingerprint density at radius 3 is 2.74 bits per heavy atom. The molecule has 7 heteroatoms. The average Bonchev–Trinajstić information content (AvgIpc) is 3.31. The molecule has 0 aliphatic carbocycles. The number of benzene rings is 2.